The summed E-state index contributed by atoms with van der Waals surface area (Å²) in [4.78, 5) is 28.0. The molecule has 0 radical (unpaired) electrons. The summed E-state index contributed by atoms with van der Waals surface area (Å²) in [6.07, 6.45) is -0.900. The Morgan fingerprint density at radius 3 is 2.09 bits per heavy atom. The number of rotatable bonds is 3. The monoisotopic (exact) mass is 183 g/mol. The Balaban J connectivity index is 0. The summed E-state index contributed by atoms with van der Waals surface area (Å²) in [6.45, 7) is 2.91. The molecule has 0 aromatic heterocycles. The van der Waals surface area contributed by atoms with Crippen LogP contribution in [0.15, 0.2) is 12.2 Å². The highest BCUT2D eigenvalue weighted by atomic mass is 31.2. The molecule has 0 aliphatic rings. The minimum absolute atomic E-state index is 0. The fraction of sp³-hybridized carbons (Fsp3) is 0.250. The second-order valence-corrected chi connectivity index (χ2v) is 3.30. The van der Waals surface area contributed by atoms with E-state index in [0.29, 0.717) is 0 Å². The van der Waals surface area contributed by atoms with E-state index in [2.05, 4.69) is 6.58 Å². The Kier molecular flexibility index (Phi) is 5.00. The third-order valence-corrected chi connectivity index (χ3v) is 1.47. The van der Waals surface area contributed by atoms with Gasteiger partial charge in [0.05, 0.1) is 0 Å². The van der Waals surface area contributed by atoms with Gasteiger partial charge in [0.15, 0.2) is 0 Å². The zero-order valence-corrected chi connectivity index (χ0v) is 6.88. The fourth-order valence-electron chi connectivity index (χ4n) is 0.309. The van der Waals surface area contributed by atoms with Gasteiger partial charge in [-0.3, -0.25) is 0 Å². The van der Waals surface area contributed by atoms with Gasteiger partial charge in [0, 0.05) is 11.7 Å². The third kappa shape index (κ3) is 7.21. The van der Waals surface area contributed by atoms with E-state index < -0.39 is 25.3 Å². The standard InChI is InChI=1S/C4H7O5P.H3N/c1-3(4(5)6)2-10(7,8)9;/h1-2H2,(H,5,6)(H2,7,8,9);1H3. The lowest BCUT2D eigenvalue weighted by atomic mass is 10.4. The van der Waals surface area contributed by atoms with Gasteiger partial charge < -0.3 is 25.6 Å². The molecule has 0 amide bonds. The molecule has 0 aliphatic heterocycles. The van der Waals surface area contributed by atoms with E-state index in [1.165, 1.54) is 0 Å². The summed E-state index contributed by atoms with van der Waals surface area (Å²) in [5, 5.41) is 8.07. The molecule has 6 nitrogen and oxygen atoms in total. The lowest BCUT2D eigenvalue weighted by Crippen LogP contribution is -2.10. The predicted molar refractivity (Wildman–Crippen MR) is 37.5 cm³/mol. The molecule has 0 heterocycles. The van der Waals surface area contributed by atoms with Crippen LogP contribution in [0.5, 0.6) is 0 Å². The van der Waals surface area contributed by atoms with Crippen LogP contribution in [0.3, 0.4) is 0 Å². The summed E-state index contributed by atoms with van der Waals surface area (Å²) < 4.78 is 10.0. The molecule has 0 aromatic rings. The van der Waals surface area contributed by atoms with Crippen molar-refractivity contribution in [2.24, 2.45) is 0 Å². The Labute approximate surface area is 63.3 Å². The highest BCUT2D eigenvalue weighted by molar-refractivity contribution is 7.50. The maximum Gasteiger partial charge on any atom is 0.331 e. The first-order valence-electron chi connectivity index (χ1n) is 2.27. The second-order valence-electron chi connectivity index (χ2n) is 1.70. The van der Waals surface area contributed by atoms with Crippen LogP contribution < -0.4 is 11.0 Å². The molecular weight excluding hydrogens is 173 g/mol. The van der Waals surface area contributed by atoms with Gasteiger partial charge in [-0.1, -0.05) is 6.58 Å². The van der Waals surface area contributed by atoms with Gasteiger partial charge in [0.1, 0.15) is 7.60 Å². The smallest absolute Gasteiger partial charge is 0.331 e. The van der Waals surface area contributed by atoms with E-state index in [9.17, 15) is 14.3 Å². The average molecular weight is 183 g/mol. The quantitative estimate of drug-likeness (QED) is 0.402. The molecule has 0 aliphatic carbocycles. The van der Waals surface area contributed by atoms with Gasteiger partial charge in [0.25, 0.3) is 0 Å². The molecule has 0 saturated heterocycles. The van der Waals surface area contributed by atoms with E-state index in [1.807, 2.05) is 0 Å². The van der Waals surface area contributed by atoms with Gasteiger partial charge in [0.2, 0.25) is 0 Å². The Bertz CT molecular complexity index is 207. The highest BCUT2D eigenvalue weighted by Crippen LogP contribution is 2.30. The molecule has 0 saturated carbocycles. The van der Waals surface area contributed by atoms with Gasteiger partial charge >= 0.3 is 5.97 Å². The van der Waals surface area contributed by atoms with Gasteiger partial charge in [-0.05, 0) is 0 Å². The minimum Gasteiger partial charge on any atom is -0.778 e. The number of quaternary nitrogens is 1. The molecule has 0 spiro atoms. The summed E-state index contributed by atoms with van der Waals surface area (Å²) in [5.74, 6) is -1.43. The van der Waals surface area contributed by atoms with E-state index >= 15 is 0 Å². The van der Waals surface area contributed by atoms with Crippen LogP contribution in [0.1, 0.15) is 0 Å². The molecule has 7 heteroatoms. The predicted octanol–water partition coefficient (Wildman–Crippen LogP) is -0.451. The summed E-state index contributed by atoms with van der Waals surface area (Å²) in [7, 11) is -4.51. The molecule has 0 fully saturated rings. The van der Waals surface area contributed by atoms with Crippen LogP contribution in [0.2, 0.25) is 0 Å². The first kappa shape index (κ1) is 12.9. The summed E-state index contributed by atoms with van der Waals surface area (Å²) in [5.41, 5.74) is -0.541. The minimum atomic E-state index is -4.51. The topological polar surface area (TPSA) is 134 Å². The molecular formula is C4H10NO5P. The molecule has 66 valence electrons. The molecule has 11 heavy (non-hydrogen) atoms. The van der Waals surface area contributed by atoms with Crippen molar-refractivity contribution in [1.82, 2.24) is 6.15 Å². The molecule has 0 rings (SSSR count). The van der Waals surface area contributed by atoms with Crippen molar-refractivity contribution in [3.63, 3.8) is 0 Å². The highest BCUT2D eigenvalue weighted by Gasteiger charge is 2.10. The van der Waals surface area contributed by atoms with Gasteiger partial charge in [-0.25, -0.2) is 4.79 Å². The molecule has 1 unspecified atom stereocenters. The number of hydrogen-bond donors (Lipinski definition) is 3. The van der Waals surface area contributed by atoms with E-state index in [0.717, 1.165) is 0 Å². The van der Waals surface area contributed by atoms with Gasteiger partial charge in [-0.15, -0.1) is 0 Å². The van der Waals surface area contributed by atoms with Crippen molar-refractivity contribution >= 4 is 13.6 Å². The van der Waals surface area contributed by atoms with Crippen LogP contribution in [-0.4, -0.2) is 22.1 Å². The molecule has 0 aromatic carbocycles. The van der Waals surface area contributed by atoms with E-state index in [4.69, 9.17) is 10.00 Å². The van der Waals surface area contributed by atoms with Crippen LogP contribution in [0.4, 0.5) is 0 Å². The number of carboxylic acids is 1. The van der Waals surface area contributed by atoms with Crippen molar-refractivity contribution in [2.75, 3.05) is 6.16 Å². The summed E-state index contributed by atoms with van der Waals surface area (Å²) in [6, 6.07) is 0. The first-order chi connectivity index (χ1) is 4.33. The third-order valence-electron chi connectivity index (χ3n) is 0.693. The normalized spacial score (nSPS) is 14.4. The van der Waals surface area contributed by atoms with Crippen LogP contribution in [0.25, 0.3) is 0 Å². The van der Waals surface area contributed by atoms with Crippen LogP contribution in [-0.2, 0) is 9.36 Å². The molecule has 6 N–H and O–H groups in total. The van der Waals surface area contributed by atoms with E-state index in [1.54, 1.807) is 0 Å². The lowest BCUT2D eigenvalue weighted by molar-refractivity contribution is -0.192. The number of hydrogen-bond acceptors (Lipinski definition) is 3. The van der Waals surface area contributed by atoms with Crippen LogP contribution >= 0.6 is 7.60 Å². The zero-order valence-electron chi connectivity index (χ0n) is 5.98. The fourth-order valence-corrected chi connectivity index (χ4v) is 0.926. The van der Waals surface area contributed by atoms with Gasteiger partial charge in [-0.2, -0.15) is 0 Å². The molecule has 1 atom stereocenters. The van der Waals surface area contributed by atoms with Crippen molar-refractivity contribution in [3.8, 4) is 0 Å². The first-order valence-corrected chi connectivity index (χ1v) is 4.03. The van der Waals surface area contributed by atoms with Crippen molar-refractivity contribution in [3.05, 3.63) is 12.2 Å². The van der Waals surface area contributed by atoms with Crippen molar-refractivity contribution < 1.29 is 24.3 Å². The van der Waals surface area contributed by atoms with E-state index in [-0.39, 0.29) is 6.15 Å². The Morgan fingerprint density at radius 2 is 2.00 bits per heavy atom. The Morgan fingerprint density at radius 1 is 1.64 bits per heavy atom. The van der Waals surface area contributed by atoms with Crippen molar-refractivity contribution in [2.45, 2.75) is 0 Å². The van der Waals surface area contributed by atoms with Crippen LogP contribution in [0, 0.1) is 0 Å². The number of carboxylic acid groups (broad SMARTS) is 1. The zero-order chi connectivity index (χ0) is 8.36. The summed E-state index contributed by atoms with van der Waals surface area (Å²) >= 11 is 0. The Hall–Kier alpha value is -0.680. The SMILES string of the molecule is C=C(CP(=O)([O-])O)C(=O)O.[NH4+]. The lowest BCUT2D eigenvalue weighted by Gasteiger charge is -2.14. The average Bonchev–Trinajstić information content (AvgIpc) is 1.60. The molecule has 0 bridgehead atoms. The van der Waals surface area contributed by atoms with Crippen molar-refractivity contribution in [1.29, 1.82) is 0 Å². The maximum atomic E-state index is 10.0. The maximum absolute atomic E-state index is 10.0. The number of aliphatic carboxylic acids is 1. The largest absolute Gasteiger partial charge is 0.778 e. The second kappa shape index (κ2) is 4.25. The number of carbonyl (C=O) groups is 1.